The zero-order valence-electron chi connectivity index (χ0n) is 26.9. The Kier molecular flexibility index (Phi) is 12.2. The molecular formula is C30H52BN5O7. The van der Waals surface area contributed by atoms with Crippen molar-refractivity contribution in [3.8, 4) is 0 Å². The zero-order chi connectivity index (χ0) is 31.9. The number of amides is 1. The van der Waals surface area contributed by atoms with E-state index in [1.54, 1.807) is 12.3 Å². The SMILES string of the molecule is CC(=O)CCCCCC(=O)C[C@@H](CCCN=C(N)N[N+](=O)[O-])C(=O)N[C@@H](CC(C)C)B1O[C@@H]2C[C@@H]3C[C@@H](C3(C)C)[C@]2(C)O1. The summed E-state index contributed by atoms with van der Waals surface area (Å²) in [5, 5.41) is 13.0. The van der Waals surface area contributed by atoms with Gasteiger partial charge in [0, 0.05) is 31.7 Å². The van der Waals surface area contributed by atoms with E-state index in [1.165, 1.54) is 0 Å². The summed E-state index contributed by atoms with van der Waals surface area (Å²) < 4.78 is 13.2. The van der Waals surface area contributed by atoms with Crippen LogP contribution in [0.2, 0.25) is 0 Å². The van der Waals surface area contributed by atoms with Crippen molar-refractivity contribution in [3.05, 3.63) is 10.1 Å². The minimum atomic E-state index is -0.785. The van der Waals surface area contributed by atoms with Crippen LogP contribution < -0.4 is 16.5 Å². The van der Waals surface area contributed by atoms with Crippen LogP contribution in [0, 0.1) is 39.2 Å². The molecule has 2 bridgehead atoms. The average Bonchev–Trinajstić information content (AvgIpc) is 3.26. The van der Waals surface area contributed by atoms with E-state index in [-0.39, 0.29) is 59.8 Å². The Labute approximate surface area is 256 Å². The summed E-state index contributed by atoms with van der Waals surface area (Å²) in [5.74, 6) is -0.0599. The maximum absolute atomic E-state index is 13.7. The molecule has 0 aromatic carbocycles. The van der Waals surface area contributed by atoms with Crippen LogP contribution in [-0.4, -0.2) is 59.8 Å². The van der Waals surface area contributed by atoms with Crippen molar-refractivity contribution in [2.24, 2.45) is 39.8 Å². The molecule has 0 aromatic rings. The van der Waals surface area contributed by atoms with Gasteiger partial charge in [-0.25, -0.2) is 15.1 Å². The van der Waals surface area contributed by atoms with Gasteiger partial charge in [-0.1, -0.05) is 39.5 Å². The summed E-state index contributed by atoms with van der Waals surface area (Å²) in [6, 6.07) is 0. The molecule has 1 heterocycles. The molecule has 0 aromatic heterocycles. The van der Waals surface area contributed by atoms with Crippen molar-refractivity contribution < 1.29 is 28.7 Å². The number of Topliss-reactive ketones (excluding diaryl/α,β-unsaturated/α-hetero) is 2. The lowest BCUT2D eigenvalue weighted by molar-refractivity contribution is -0.525. The fraction of sp³-hybridized carbons (Fsp3) is 0.867. The summed E-state index contributed by atoms with van der Waals surface area (Å²) in [6.45, 7) is 12.7. The number of carbonyl (C=O) groups is 3. The summed E-state index contributed by atoms with van der Waals surface area (Å²) in [5.41, 5.74) is 7.14. The number of hydrogen-bond donors (Lipinski definition) is 3. The van der Waals surface area contributed by atoms with Crippen LogP contribution in [-0.2, 0) is 23.7 Å². The zero-order valence-corrected chi connectivity index (χ0v) is 26.9. The highest BCUT2D eigenvalue weighted by molar-refractivity contribution is 6.47. The Morgan fingerprint density at radius 2 is 1.81 bits per heavy atom. The van der Waals surface area contributed by atoms with Crippen molar-refractivity contribution in [1.29, 1.82) is 0 Å². The highest BCUT2D eigenvalue weighted by Gasteiger charge is 2.68. The number of hydrogen-bond acceptors (Lipinski definition) is 8. The lowest BCUT2D eigenvalue weighted by Gasteiger charge is -2.64. The molecule has 43 heavy (non-hydrogen) atoms. The van der Waals surface area contributed by atoms with Gasteiger partial charge in [0.15, 0.2) is 5.03 Å². The normalized spacial score (nSPS) is 27.2. The summed E-state index contributed by atoms with van der Waals surface area (Å²) in [7, 11) is -0.563. The molecule has 3 saturated carbocycles. The molecule has 0 unspecified atom stereocenters. The Balaban J connectivity index is 1.65. The molecule has 4 aliphatic rings. The van der Waals surface area contributed by atoms with Gasteiger partial charge < -0.3 is 25.2 Å². The molecule has 4 fully saturated rings. The van der Waals surface area contributed by atoms with E-state index in [9.17, 15) is 24.5 Å². The molecule has 3 aliphatic carbocycles. The van der Waals surface area contributed by atoms with E-state index < -0.39 is 23.7 Å². The van der Waals surface area contributed by atoms with E-state index in [1.807, 2.05) is 0 Å². The van der Waals surface area contributed by atoms with E-state index in [2.05, 4.69) is 44.9 Å². The first-order valence-electron chi connectivity index (χ1n) is 16.0. The first kappa shape index (κ1) is 34.9. The topological polar surface area (TPSA) is 175 Å². The van der Waals surface area contributed by atoms with Crippen LogP contribution in [0.25, 0.3) is 0 Å². The number of carbonyl (C=O) groups excluding carboxylic acids is 3. The lowest BCUT2D eigenvalue weighted by atomic mass is 9.43. The standard InChI is InChI=1S/C30H52BN5O7/c1-19(2)15-26(31-42-25-18-22-17-24(29(22,4)5)30(25,6)43-31)34-27(39)21(12-10-14-33-28(32)35-36(40)41)16-23(38)13-9-7-8-11-20(3)37/h19,21-22,24-26H,7-18H2,1-6H3,(H,34,39)(H3,32,33,35)/t21-,22+,24+,25-,26+,30+/m1/s1. The number of nitrogens with zero attached hydrogens (tertiary/aromatic N) is 2. The quantitative estimate of drug-likeness (QED) is 0.0524. The van der Waals surface area contributed by atoms with E-state index >= 15 is 0 Å². The molecule has 6 atom stereocenters. The maximum Gasteiger partial charge on any atom is 0.481 e. The minimum absolute atomic E-state index is 0.00249. The molecule has 242 valence electrons. The number of nitro groups is 1. The summed E-state index contributed by atoms with van der Waals surface area (Å²) in [4.78, 5) is 52.4. The van der Waals surface area contributed by atoms with Gasteiger partial charge in [0.25, 0.3) is 5.96 Å². The van der Waals surface area contributed by atoms with Crippen LogP contribution in [0.4, 0.5) is 0 Å². The second kappa shape index (κ2) is 15.0. The maximum atomic E-state index is 13.7. The van der Waals surface area contributed by atoms with Crippen molar-refractivity contribution in [2.45, 2.75) is 130 Å². The molecular weight excluding hydrogens is 553 g/mol. The number of rotatable bonds is 18. The number of unbranched alkanes of at least 4 members (excludes halogenated alkanes) is 2. The van der Waals surface area contributed by atoms with Gasteiger partial charge in [0.1, 0.15) is 11.6 Å². The van der Waals surface area contributed by atoms with Gasteiger partial charge >= 0.3 is 7.12 Å². The number of ketones is 2. The number of nitrogens with one attached hydrogen (secondary N) is 2. The third kappa shape index (κ3) is 9.23. The fourth-order valence-corrected chi connectivity index (χ4v) is 7.36. The van der Waals surface area contributed by atoms with Gasteiger partial charge in [-0.2, -0.15) is 0 Å². The molecule has 0 radical (unpaired) electrons. The molecule has 12 nitrogen and oxygen atoms in total. The molecule has 1 saturated heterocycles. The summed E-state index contributed by atoms with van der Waals surface area (Å²) >= 11 is 0. The van der Waals surface area contributed by atoms with E-state index in [4.69, 9.17) is 15.0 Å². The van der Waals surface area contributed by atoms with Crippen molar-refractivity contribution in [3.63, 3.8) is 0 Å². The van der Waals surface area contributed by atoms with Crippen molar-refractivity contribution in [2.75, 3.05) is 6.54 Å². The van der Waals surface area contributed by atoms with Crippen LogP contribution in [0.3, 0.4) is 0 Å². The van der Waals surface area contributed by atoms with Gasteiger partial charge in [0.05, 0.1) is 17.6 Å². The van der Waals surface area contributed by atoms with Crippen LogP contribution in [0.1, 0.15) is 112 Å². The molecule has 1 aliphatic heterocycles. The largest absolute Gasteiger partial charge is 0.481 e. The molecule has 4 rings (SSSR count). The molecule has 1 amide bonds. The van der Waals surface area contributed by atoms with Gasteiger partial charge in [0.2, 0.25) is 5.91 Å². The lowest BCUT2D eigenvalue weighted by Crippen LogP contribution is -2.65. The van der Waals surface area contributed by atoms with Gasteiger partial charge in [-0.15, -0.1) is 0 Å². The average molecular weight is 606 g/mol. The number of hydrazine groups is 1. The first-order valence-corrected chi connectivity index (χ1v) is 16.0. The number of nitrogens with two attached hydrogens (primary N) is 1. The third-order valence-corrected chi connectivity index (χ3v) is 9.88. The van der Waals surface area contributed by atoms with Crippen LogP contribution >= 0.6 is 0 Å². The van der Waals surface area contributed by atoms with Crippen LogP contribution in [0.5, 0.6) is 0 Å². The number of guanidine groups is 1. The first-order chi connectivity index (χ1) is 20.1. The van der Waals surface area contributed by atoms with Crippen LogP contribution in [0.15, 0.2) is 4.99 Å². The number of aliphatic imine (C=N–C) groups is 1. The second-order valence-electron chi connectivity index (χ2n) is 14.1. The van der Waals surface area contributed by atoms with E-state index in [0.717, 1.165) is 25.7 Å². The van der Waals surface area contributed by atoms with Gasteiger partial charge in [-0.05, 0) is 82.0 Å². The monoisotopic (exact) mass is 605 g/mol. The third-order valence-electron chi connectivity index (χ3n) is 9.88. The van der Waals surface area contributed by atoms with Crippen molar-refractivity contribution in [1.82, 2.24) is 10.7 Å². The Hall–Kier alpha value is -2.54. The highest BCUT2D eigenvalue weighted by atomic mass is 16.7. The second-order valence-corrected chi connectivity index (χ2v) is 14.1. The Morgan fingerprint density at radius 1 is 1.12 bits per heavy atom. The minimum Gasteiger partial charge on any atom is -0.404 e. The molecule has 0 spiro atoms. The molecule has 4 N–H and O–H groups in total. The Morgan fingerprint density at radius 3 is 2.44 bits per heavy atom. The predicted molar refractivity (Wildman–Crippen MR) is 164 cm³/mol. The fourth-order valence-electron chi connectivity index (χ4n) is 7.36. The summed E-state index contributed by atoms with van der Waals surface area (Å²) in [6.07, 6.45) is 6.71. The van der Waals surface area contributed by atoms with Gasteiger partial charge in [-0.3, -0.25) is 9.59 Å². The van der Waals surface area contributed by atoms with E-state index in [0.29, 0.717) is 50.4 Å². The predicted octanol–water partition coefficient (Wildman–Crippen LogP) is 3.78. The van der Waals surface area contributed by atoms with Crippen molar-refractivity contribution >= 4 is 30.6 Å². The highest BCUT2D eigenvalue weighted by Crippen LogP contribution is 2.65. The molecule has 13 heteroatoms. The Bertz CT molecular complexity index is 1050. The smallest absolute Gasteiger partial charge is 0.404 e.